The van der Waals surface area contributed by atoms with Gasteiger partial charge in [-0.1, -0.05) is 6.07 Å². The first-order chi connectivity index (χ1) is 22.2. The number of ether oxygens (including phenoxy) is 10. The Kier molecular flexibility index (Phi) is 15.4. The highest BCUT2D eigenvalue weighted by molar-refractivity contribution is 5.40. The summed E-state index contributed by atoms with van der Waals surface area (Å²) in [6.45, 7) is 6.50. The van der Waals surface area contributed by atoms with Crippen LogP contribution in [-0.4, -0.2) is 93.5 Å². The SMILES string of the molecule is COc1cc(CNCc2cc3cc(c2)OCCOCCOCCOc2cccc(c2)OCCOCCOCCO3)cc(OC)c1. The molecule has 0 fully saturated rings. The fourth-order valence-corrected chi connectivity index (χ4v) is 4.39. The van der Waals surface area contributed by atoms with Gasteiger partial charge in [-0.3, -0.25) is 0 Å². The van der Waals surface area contributed by atoms with Crippen molar-refractivity contribution >= 4 is 0 Å². The smallest absolute Gasteiger partial charge is 0.123 e. The Morgan fingerprint density at radius 3 is 1.29 bits per heavy atom. The highest BCUT2D eigenvalue weighted by Crippen LogP contribution is 2.25. The summed E-state index contributed by atoms with van der Waals surface area (Å²) in [6, 6.07) is 19.2. The van der Waals surface area contributed by atoms with Gasteiger partial charge in [0.1, 0.15) is 60.9 Å². The van der Waals surface area contributed by atoms with Gasteiger partial charge in [-0.05, 0) is 47.5 Å². The zero-order valence-electron chi connectivity index (χ0n) is 26.3. The van der Waals surface area contributed by atoms with E-state index in [0.29, 0.717) is 104 Å². The van der Waals surface area contributed by atoms with Crippen molar-refractivity contribution in [3.8, 4) is 34.5 Å². The van der Waals surface area contributed by atoms with E-state index in [4.69, 9.17) is 47.4 Å². The summed E-state index contributed by atoms with van der Waals surface area (Å²) in [5.41, 5.74) is 2.07. The van der Waals surface area contributed by atoms with Gasteiger partial charge in [0.15, 0.2) is 0 Å². The molecule has 0 aromatic heterocycles. The van der Waals surface area contributed by atoms with E-state index in [0.717, 1.165) is 34.1 Å². The van der Waals surface area contributed by atoms with Crippen molar-refractivity contribution in [2.24, 2.45) is 0 Å². The third-order valence-corrected chi connectivity index (χ3v) is 6.54. The van der Waals surface area contributed by atoms with Crippen LogP contribution in [0.2, 0.25) is 0 Å². The maximum absolute atomic E-state index is 6.01. The molecule has 0 amide bonds. The molecule has 3 aromatic carbocycles. The standard InChI is InChI=1S/C34H45NO10/c1-36-31-18-27(19-32(23-31)37-2)25-35-26-28-20-33-24-34(21-28)45-17-13-41-9-7-39-11-15-43-30-5-3-4-29(22-30)42-14-10-38-6-8-40-12-16-44-33/h3-5,18-24,35H,6-17,25-26H2,1-2H3. The minimum atomic E-state index is 0.393. The fourth-order valence-electron chi connectivity index (χ4n) is 4.39. The lowest BCUT2D eigenvalue weighted by molar-refractivity contribution is 0.0260. The second-order valence-electron chi connectivity index (χ2n) is 9.96. The molecule has 0 unspecified atom stereocenters. The molecule has 11 heteroatoms. The molecular formula is C34H45NO10. The summed E-state index contributed by atoms with van der Waals surface area (Å²) in [6.07, 6.45) is 0. The molecule has 4 rings (SSSR count). The van der Waals surface area contributed by atoms with Gasteiger partial charge < -0.3 is 52.7 Å². The molecule has 0 spiro atoms. The number of rotatable bonds is 6. The highest BCUT2D eigenvalue weighted by Gasteiger charge is 2.07. The van der Waals surface area contributed by atoms with Gasteiger partial charge in [0.25, 0.3) is 0 Å². The molecule has 3 aromatic rings. The van der Waals surface area contributed by atoms with Crippen LogP contribution in [-0.2, 0) is 32.0 Å². The van der Waals surface area contributed by atoms with Crippen LogP contribution in [0.15, 0.2) is 60.7 Å². The van der Waals surface area contributed by atoms with Gasteiger partial charge in [-0.15, -0.1) is 0 Å². The largest absolute Gasteiger partial charge is 0.497 e. The van der Waals surface area contributed by atoms with Crippen LogP contribution in [0.25, 0.3) is 0 Å². The molecule has 0 aliphatic carbocycles. The summed E-state index contributed by atoms with van der Waals surface area (Å²) in [7, 11) is 3.29. The molecule has 4 bridgehead atoms. The molecule has 1 aliphatic rings. The predicted molar refractivity (Wildman–Crippen MR) is 168 cm³/mol. The first kappa shape index (κ1) is 34.1. The van der Waals surface area contributed by atoms with Gasteiger partial charge in [-0.2, -0.15) is 0 Å². The molecule has 0 saturated carbocycles. The van der Waals surface area contributed by atoms with E-state index in [9.17, 15) is 0 Å². The summed E-state index contributed by atoms with van der Waals surface area (Å²) >= 11 is 0. The van der Waals surface area contributed by atoms with Crippen molar-refractivity contribution in [3.05, 3.63) is 71.8 Å². The summed E-state index contributed by atoms with van der Waals surface area (Å²) in [5.74, 6) is 4.35. The van der Waals surface area contributed by atoms with Gasteiger partial charge in [0.2, 0.25) is 0 Å². The summed E-state index contributed by atoms with van der Waals surface area (Å²) < 4.78 is 56.9. The second kappa shape index (κ2) is 20.3. The number of hydrogen-bond donors (Lipinski definition) is 1. The highest BCUT2D eigenvalue weighted by atomic mass is 16.6. The van der Waals surface area contributed by atoms with E-state index in [-0.39, 0.29) is 0 Å². The molecule has 1 N–H and O–H groups in total. The number of methoxy groups -OCH3 is 2. The Labute approximate surface area is 265 Å². The first-order valence-corrected chi connectivity index (χ1v) is 15.2. The summed E-state index contributed by atoms with van der Waals surface area (Å²) in [5, 5.41) is 3.48. The maximum Gasteiger partial charge on any atom is 0.123 e. The van der Waals surface area contributed by atoms with Gasteiger partial charge >= 0.3 is 0 Å². The third kappa shape index (κ3) is 13.4. The normalized spacial score (nSPS) is 16.2. The Morgan fingerprint density at radius 2 is 0.844 bits per heavy atom. The van der Waals surface area contributed by atoms with E-state index in [1.807, 2.05) is 60.7 Å². The lowest BCUT2D eigenvalue weighted by atomic mass is 10.1. The van der Waals surface area contributed by atoms with Crippen molar-refractivity contribution in [2.75, 3.05) is 93.5 Å². The Morgan fingerprint density at radius 1 is 0.467 bits per heavy atom. The maximum atomic E-state index is 6.01. The predicted octanol–water partition coefficient (Wildman–Crippen LogP) is 4.29. The molecule has 0 saturated heterocycles. The van der Waals surface area contributed by atoms with Crippen molar-refractivity contribution < 1.29 is 47.4 Å². The first-order valence-electron chi connectivity index (χ1n) is 15.2. The molecule has 0 atom stereocenters. The minimum absolute atomic E-state index is 0.393. The van der Waals surface area contributed by atoms with E-state index in [1.54, 1.807) is 14.2 Å². The number of hydrogen-bond acceptors (Lipinski definition) is 11. The van der Waals surface area contributed by atoms with Crippen molar-refractivity contribution in [2.45, 2.75) is 13.1 Å². The third-order valence-electron chi connectivity index (χ3n) is 6.54. The average Bonchev–Trinajstić information content (AvgIpc) is 3.06. The zero-order valence-corrected chi connectivity index (χ0v) is 26.3. The average molecular weight is 628 g/mol. The van der Waals surface area contributed by atoms with Crippen LogP contribution in [0.5, 0.6) is 34.5 Å². The van der Waals surface area contributed by atoms with E-state index >= 15 is 0 Å². The van der Waals surface area contributed by atoms with E-state index in [2.05, 4.69) is 5.32 Å². The molecule has 246 valence electrons. The number of fused-ring (bicyclic) bond motifs is 4. The van der Waals surface area contributed by atoms with Crippen LogP contribution >= 0.6 is 0 Å². The Hall–Kier alpha value is -3.74. The molecule has 45 heavy (non-hydrogen) atoms. The molecule has 1 heterocycles. The minimum Gasteiger partial charge on any atom is -0.497 e. The van der Waals surface area contributed by atoms with E-state index < -0.39 is 0 Å². The lowest BCUT2D eigenvalue weighted by Crippen LogP contribution is -2.15. The van der Waals surface area contributed by atoms with Crippen LogP contribution in [0.3, 0.4) is 0 Å². The molecular weight excluding hydrogens is 582 g/mol. The van der Waals surface area contributed by atoms with Gasteiger partial charge in [-0.25, -0.2) is 0 Å². The Balaban J connectivity index is 1.28. The topological polar surface area (TPSA) is 104 Å². The van der Waals surface area contributed by atoms with Crippen molar-refractivity contribution in [1.82, 2.24) is 5.32 Å². The fraction of sp³-hybridized carbons (Fsp3) is 0.471. The van der Waals surface area contributed by atoms with Crippen LogP contribution in [0.1, 0.15) is 11.1 Å². The van der Waals surface area contributed by atoms with Gasteiger partial charge in [0, 0.05) is 31.3 Å². The molecule has 1 aliphatic heterocycles. The molecule has 11 nitrogen and oxygen atoms in total. The summed E-state index contributed by atoms with van der Waals surface area (Å²) in [4.78, 5) is 0. The Bertz CT molecular complexity index is 1180. The van der Waals surface area contributed by atoms with Crippen LogP contribution in [0.4, 0.5) is 0 Å². The molecule has 0 radical (unpaired) electrons. The van der Waals surface area contributed by atoms with Crippen LogP contribution in [0, 0.1) is 0 Å². The van der Waals surface area contributed by atoms with E-state index in [1.165, 1.54) is 0 Å². The van der Waals surface area contributed by atoms with Crippen molar-refractivity contribution in [3.63, 3.8) is 0 Å². The second-order valence-corrected chi connectivity index (χ2v) is 9.96. The monoisotopic (exact) mass is 627 g/mol. The lowest BCUT2D eigenvalue weighted by Gasteiger charge is -2.14. The number of benzene rings is 3. The van der Waals surface area contributed by atoms with Gasteiger partial charge in [0.05, 0.1) is 67.1 Å². The number of nitrogens with one attached hydrogen (secondary N) is 1. The zero-order chi connectivity index (χ0) is 31.4. The van der Waals surface area contributed by atoms with Crippen LogP contribution < -0.4 is 33.7 Å². The quantitative estimate of drug-likeness (QED) is 0.423. The van der Waals surface area contributed by atoms with Crippen molar-refractivity contribution in [1.29, 1.82) is 0 Å².